The molecule has 0 spiro atoms. The van der Waals surface area contributed by atoms with E-state index in [2.05, 4.69) is 11.8 Å². The standard InChI is InChI=1S/C11H11NO2/c12-6-2-1-3-9-4-5-10(8-13)11(14)7-9/h4-5,7-8,14H,2,6,12H2. The second-order valence-corrected chi connectivity index (χ2v) is 2.73. The number of phenols is 1. The number of aldehydes is 1. The van der Waals surface area contributed by atoms with E-state index in [0.29, 0.717) is 24.8 Å². The third-order valence-corrected chi connectivity index (χ3v) is 1.66. The Bertz CT molecular complexity index is 388. The molecule has 0 aliphatic carbocycles. The zero-order valence-corrected chi connectivity index (χ0v) is 7.66. The van der Waals surface area contributed by atoms with Gasteiger partial charge >= 0.3 is 0 Å². The Balaban J connectivity index is 2.88. The maximum absolute atomic E-state index is 10.4. The largest absolute Gasteiger partial charge is 0.507 e. The summed E-state index contributed by atoms with van der Waals surface area (Å²) in [6.45, 7) is 0.519. The van der Waals surface area contributed by atoms with Crippen LogP contribution in [0.3, 0.4) is 0 Å². The van der Waals surface area contributed by atoms with Crippen molar-refractivity contribution in [3.63, 3.8) is 0 Å². The number of benzene rings is 1. The van der Waals surface area contributed by atoms with E-state index < -0.39 is 0 Å². The summed E-state index contributed by atoms with van der Waals surface area (Å²) in [5.41, 5.74) is 6.22. The average molecular weight is 189 g/mol. The van der Waals surface area contributed by atoms with Gasteiger partial charge in [0.25, 0.3) is 0 Å². The molecule has 3 heteroatoms. The molecule has 0 unspecified atom stereocenters. The molecule has 1 aromatic rings. The van der Waals surface area contributed by atoms with Crippen LogP contribution in [0.25, 0.3) is 0 Å². The topological polar surface area (TPSA) is 63.3 Å². The highest BCUT2D eigenvalue weighted by molar-refractivity contribution is 5.79. The summed E-state index contributed by atoms with van der Waals surface area (Å²) < 4.78 is 0. The van der Waals surface area contributed by atoms with Gasteiger partial charge < -0.3 is 10.8 Å². The molecule has 0 aromatic heterocycles. The zero-order chi connectivity index (χ0) is 10.4. The zero-order valence-electron chi connectivity index (χ0n) is 7.66. The minimum Gasteiger partial charge on any atom is -0.507 e. The molecule has 0 heterocycles. The van der Waals surface area contributed by atoms with Gasteiger partial charge in [-0.3, -0.25) is 4.79 Å². The molecule has 0 amide bonds. The Morgan fingerprint density at radius 1 is 1.50 bits per heavy atom. The number of rotatable bonds is 2. The maximum Gasteiger partial charge on any atom is 0.153 e. The number of carbonyl (C=O) groups excluding carboxylic acids is 1. The number of hydrogen-bond acceptors (Lipinski definition) is 3. The lowest BCUT2D eigenvalue weighted by Crippen LogP contribution is -1.95. The second kappa shape index (κ2) is 5.05. The molecule has 0 saturated carbocycles. The van der Waals surface area contributed by atoms with Gasteiger partial charge in [-0.05, 0) is 18.2 Å². The van der Waals surface area contributed by atoms with Gasteiger partial charge in [0.15, 0.2) is 6.29 Å². The molecule has 1 aromatic carbocycles. The molecular weight excluding hydrogens is 178 g/mol. The lowest BCUT2D eigenvalue weighted by atomic mass is 10.1. The van der Waals surface area contributed by atoms with Crippen LogP contribution in [0.4, 0.5) is 0 Å². The van der Waals surface area contributed by atoms with E-state index in [-0.39, 0.29) is 11.3 Å². The fourth-order valence-electron chi connectivity index (χ4n) is 0.958. The van der Waals surface area contributed by atoms with Crippen LogP contribution in [0, 0.1) is 11.8 Å². The van der Waals surface area contributed by atoms with Crippen molar-refractivity contribution in [2.24, 2.45) is 5.73 Å². The number of hydrogen-bond donors (Lipinski definition) is 2. The predicted octanol–water partition coefficient (Wildman–Crippen LogP) is 0.905. The average Bonchev–Trinajstić information content (AvgIpc) is 2.18. The van der Waals surface area contributed by atoms with Crippen molar-refractivity contribution in [2.45, 2.75) is 6.42 Å². The van der Waals surface area contributed by atoms with Gasteiger partial charge in [0.2, 0.25) is 0 Å². The van der Waals surface area contributed by atoms with Crippen molar-refractivity contribution in [2.75, 3.05) is 6.54 Å². The molecule has 0 fully saturated rings. The first kappa shape index (κ1) is 10.3. The van der Waals surface area contributed by atoms with Crippen LogP contribution in [0.15, 0.2) is 18.2 Å². The summed E-state index contributed by atoms with van der Waals surface area (Å²) in [4.78, 5) is 10.4. The van der Waals surface area contributed by atoms with Crippen LogP contribution < -0.4 is 5.73 Å². The molecule has 0 radical (unpaired) electrons. The molecule has 0 atom stereocenters. The minimum atomic E-state index is -0.0421. The molecule has 1 rings (SSSR count). The highest BCUT2D eigenvalue weighted by Crippen LogP contribution is 2.15. The van der Waals surface area contributed by atoms with Crippen LogP contribution in [-0.2, 0) is 0 Å². The van der Waals surface area contributed by atoms with Gasteiger partial charge in [-0.15, -0.1) is 0 Å². The van der Waals surface area contributed by atoms with Crippen LogP contribution in [-0.4, -0.2) is 17.9 Å². The summed E-state index contributed by atoms with van der Waals surface area (Å²) >= 11 is 0. The molecule has 3 N–H and O–H groups in total. The van der Waals surface area contributed by atoms with Gasteiger partial charge in [-0.25, -0.2) is 0 Å². The van der Waals surface area contributed by atoms with E-state index in [9.17, 15) is 9.90 Å². The molecule has 0 aliphatic rings. The van der Waals surface area contributed by atoms with Gasteiger partial charge in [0, 0.05) is 18.5 Å². The lowest BCUT2D eigenvalue weighted by molar-refractivity contribution is 0.112. The lowest BCUT2D eigenvalue weighted by Gasteiger charge is -1.96. The normalized spacial score (nSPS) is 8.93. The van der Waals surface area contributed by atoms with Crippen molar-refractivity contribution in [3.8, 4) is 17.6 Å². The molecule has 0 aliphatic heterocycles. The van der Waals surface area contributed by atoms with E-state index >= 15 is 0 Å². The highest BCUT2D eigenvalue weighted by atomic mass is 16.3. The Morgan fingerprint density at radius 2 is 2.29 bits per heavy atom. The van der Waals surface area contributed by atoms with Crippen molar-refractivity contribution >= 4 is 6.29 Å². The molecule has 72 valence electrons. The summed E-state index contributed by atoms with van der Waals surface area (Å²) in [7, 11) is 0. The quantitative estimate of drug-likeness (QED) is 0.536. The van der Waals surface area contributed by atoms with Crippen molar-refractivity contribution in [1.82, 2.24) is 0 Å². The van der Waals surface area contributed by atoms with Crippen molar-refractivity contribution in [1.29, 1.82) is 0 Å². The number of phenolic OH excluding ortho intramolecular Hbond substituents is 1. The van der Waals surface area contributed by atoms with Gasteiger partial charge in [-0.2, -0.15) is 0 Å². The van der Waals surface area contributed by atoms with Crippen LogP contribution in [0.1, 0.15) is 22.3 Å². The second-order valence-electron chi connectivity index (χ2n) is 2.73. The molecule has 14 heavy (non-hydrogen) atoms. The van der Waals surface area contributed by atoms with Crippen LogP contribution in [0.5, 0.6) is 5.75 Å². The monoisotopic (exact) mass is 189 g/mol. The summed E-state index contributed by atoms with van der Waals surface area (Å²) in [6.07, 6.45) is 1.22. The Hall–Kier alpha value is -1.79. The number of carbonyl (C=O) groups is 1. The first-order valence-corrected chi connectivity index (χ1v) is 4.25. The predicted molar refractivity (Wildman–Crippen MR) is 54.0 cm³/mol. The molecule has 0 saturated heterocycles. The third-order valence-electron chi connectivity index (χ3n) is 1.66. The molecule has 0 bridgehead atoms. The maximum atomic E-state index is 10.4. The van der Waals surface area contributed by atoms with E-state index in [1.165, 1.54) is 12.1 Å². The van der Waals surface area contributed by atoms with Gasteiger partial charge in [0.05, 0.1) is 5.56 Å². The first-order valence-electron chi connectivity index (χ1n) is 4.25. The smallest absolute Gasteiger partial charge is 0.153 e. The Kier molecular flexibility index (Phi) is 3.71. The third kappa shape index (κ3) is 2.61. The first-order chi connectivity index (χ1) is 6.77. The number of aromatic hydroxyl groups is 1. The van der Waals surface area contributed by atoms with Crippen LogP contribution in [0.2, 0.25) is 0 Å². The fraction of sp³-hybridized carbons (Fsp3) is 0.182. The van der Waals surface area contributed by atoms with Crippen LogP contribution >= 0.6 is 0 Å². The SMILES string of the molecule is NCCC#Cc1ccc(C=O)c(O)c1. The van der Waals surface area contributed by atoms with E-state index in [0.717, 1.165) is 0 Å². The summed E-state index contributed by atoms with van der Waals surface area (Å²) in [5, 5.41) is 9.32. The van der Waals surface area contributed by atoms with Gasteiger partial charge in [-0.1, -0.05) is 11.8 Å². The molecular formula is C11H11NO2. The van der Waals surface area contributed by atoms with Gasteiger partial charge in [0.1, 0.15) is 5.75 Å². The van der Waals surface area contributed by atoms with Crippen molar-refractivity contribution in [3.05, 3.63) is 29.3 Å². The molecule has 3 nitrogen and oxygen atoms in total. The van der Waals surface area contributed by atoms with Crippen molar-refractivity contribution < 1.29 is 9.90 Å². The highest BCUT2D eigenvalue weighted by Gasteiger charge is 1.98. The summed E-state index contributed by atoms with van der Waals surface area (Å²) in [6, 6.07) is 4.69. The Morgan fingerprint density at radius 3 is 2.86 bits per heavy atom. The number of nitrogens with two attached hydrogens (primary N) is 1. The van der Waals surface area contributed by atoms with E-state index in [4.69, 9.17) is 5.73 Å². The minimum absolute atomic E-state index is 0.0421. The Labute approximate surface area is 82.6 Å². The fourth-order valence-corrected chi connectivity index (χ4v) is 0.958. The van der Waals surface area contributed by atoms with E-state index in [1.54, 1.807) is 6.07 Å². The van der Waals surface area contributed by atoms with E-state index in [1.807, 2.05) is 0 Å². The summed E-state index contributed by atoms with van der Waals surface area (Å²) in [5.74, 6) is 5.63.